The fourth-order valence-corrected chi connectivity index (χ4v) is 2.15. The van der Waals surface area contributed by atoms with Crippen molar-refractivity contribution in [3.63, 3.8) is 0 Å². The quantitative estimate of drug-likeness (QED) is 0.841. The molecule has 5 heteroatoms. The lowest BCUT2D eigenvalue weighted by atomic mass is 9.74. The molecule has 1 aromatic rings. The zero-order chi connectivity index (χ0) is 12.1. The number of rotatable bonds is 2. The second kappa shape index (κ2) is 4.91. The molecule has 0 spiro atoms. The Hall–Kier alpha value is -1.96. The van der Waals surface area contributed by atoms with Gasteiger partial charge in [0.15, 0.2) is 5.82 Å². The van der Waals surface area contributed by atoms with Crippen LogP contribution in [0, 0.1) is 16.7 Å². The number of amides is 1. The Bertz CT molecular complexity index is 432. The van der Waals surface area contributed by atoms with Crippen LogP contribution in [0.2, 0.25) is 0 Å². The van der Waals surface area contributed by atoms with Crippen molar-refractivity contribution in [2.45, 2.75) is 32.1 Å². The van der Waals surface area contributed by atoms with Crippen molar-refractivity contribution >= 4 is 11.7 Å². The average Bonchev–Trinajstić information content (AvgIpc) is 2.40. The molecule has 0 saturated heterocycles. The Morgan fingerprint density at radius 1 is 1.41 bits per heavy atom. The lowest BCUT2D eigenvalue weighted by Crippen LogP contribution is -2.37. The zero-order valence-electron chi connectivity index (χ0n) is 9.52. The molecule has 17 heavy (non-hydrogen) atoms. The molecule has 0 radical (unpaired) electrons. The lowest BCUT2D eigenvalue weighted by molar-refractivity contribution is -0.124. The van der Waals surface area contributed by atoms with Gasteiger partial charge < -0.3 is 5.32 Å². The first-order chi connectivity index (χ1) is 8.27. The highest BCUT2D eigenvalue weighted by Gasteiger charge is 2.39. The molecule has 1 saturated carbocycles. The summed E-state index contributed by atoms with van der Waals surface area (Å²) < 4.78 is 0. The molecular weight excluding hydrogens is 216 g/mol. The highest BCUT2D eigenvalue weighted by Crippen LogP contribution is 2.36. The van der Waals surface area contributed by atoms with E-state index in [0.717, 1.165) is 19.3 Å². The van der Waals surface area contributed by atoms with Crippen LogP contribution in [0.3, 0.4) is 0 Å². The van der Waals surface area contributed by atoms with Gasteiger partial charge in [-0.25, -0.2) is 0 Å². The molecule has 1 aliphatic carbocycles. The van der Waals surface area contributed by atoms with E-state index in [0.29, 0.717) is 18.7 Å². The first-order valence-corrected chi connectivity index (χ1v) is 5.77. The van der Waals surface area contributed by atoms with Gasteiger partial charge in [0, 0.05) is 6.20 Å². The fraction of sp³-hybridized carbons (Fsp3) is 0.500. The van der Waals surface area contributed by atoms with Gasteiger partial charge in [0.25, 0.3) is 0 Å². The van der Waals surface area contributed by atoms with Gasteiger partial charge in [-0.2, -0.15) is 10.4 Å². The molecule has 0 aromatic carbocycles. The molecule has 1 aromatic heterocycles. The molecule has 0 atom stereocenters. The molecule has 88 valence electrons. The minimum absolute atomic E-state index is 0.250. The van der Waals surface area contributed by atoms with E-state index in [-0.39, 0.29) is 5.91 Å². The molecule has 1 heterocycles. The molecule has 2 rings (SSSR count). The van der Waals surface area contributed by atoms with Gasteiger partial charge in [0.2, 0.25) is 5.91 Å². The van der Waals surface area contributed by atoms with Gasteiger partial charge >= 0.3 is 0 Å². The third-order valence-electron chi connectivity index (χ3n) is 3.17. The van der Waals surface area contributed by atoms with Gasteiger partial charge in [-0.05, 0) is 25.0 Å². The largest absolute Gasteiger partial charge is 0.308 e. The monoisotopic (exact) mass is 230 g/mol. The predicted octanol–water partition coefficient (Wildman–Crippen LogP) is 1.89. The van der Waals surface area contributed by atoms with Crippen LogP contribution in [0.4, 0.5) is 5.82 Å². The number of nitriles is 1. The number of hydrogen-bond acceptors (Lipinski definition) is 4. The minimum atomic E-state index is -0.879. The maximum absolute atomic E-state index is 12.1. The Balaban J connectivity index is 2.11. The van der Waals surface area contributed by atoms with Crippen LogP contribution in [-0.2, 0) is 4.79 Å². The van der Waals surface area contributed by atoms with Crippen molar-refractivity contribution in [1.29, 1.82) is 5.26 Å². The van der Waals surface area contributed by atoms with Gasteiger partial charge in [-0.15, -0.1) is 5.10 Å². The highest BCUT2D eigenvalue weighted by molar-refractivity contribution is 5.96. The number of nitrogens with zero attached hydrogens (tertiary/aromatic N) is 3. The van der Waals surface area contributed by atoms with E-state index in [4.69, 9.17) is 0 Å². The molecule has 1 aliphatic rings. The van der Waals surface area contributed by atoms with Crippen molar-refractivity contribution in [2.24, 2.45) is 5.41 Å². The van der Waals surface area contributed by atoms with Crippen LogP contribution in [0.5, 0.6) is 0 Å². The highest BCUT2D eigenvalue weighted by atomic mass is 16.2. The summed E-state index contributed by atoms with van der Waals surface area (Å²) in [5.41, 5.74) is -0.879. The van der Waals surface area contributed by atoms with E-state index in [1.165, 1.54) is 6.20 Å². The van der Waals surface area contributed by atoms with Crippen LogP contribution < -0.4 is 5.32 Å². The Labute approximate surface area is 99.9 Å². The van der Waals surface area contributed by atoms with Gasteiger partial charge in [0.1, 0.15) is 5.41 Å². The maximum atomic E-state index is 12.1. The van der Waals surface area contributed by atoms with Gasteiger partial charge in [-0.1, -0.05) is 19.3 Å². The van der Waals surface area contributed by atoms with Crippen LogP contribution in [-0.4, -0.2) is 16.1 Å². The van der Waals surface area contributed by atoms with Crippen molar-refractivity contribution in [3.8, 4) is 6.07 Å². The molecule has 0 unspecified atom stereocenters. The third kappa shape index (κ3) is 2.41. The van der Waals surface area contributed by atoms with E-state index in [2.05, 4.69) is 21.6 Å². The number of aromatic nitrogens is 2. The lowest BCUT2D eigenvalue weighted by Gasteiger charge is -2.28. The molecule has 0 bridgehead atoms. The second-order valence-electron chi connectivity index (χ2n) is 4.32. The van der Waals surface area contributed by atoms with Crippen molar-refractivity contribution in [1.82, 2.24) is 10.2 Å². The number of carbonyl (C=O) groups is 1. The average molecular weight is 230 g/mol. The number of hydrogen-bond donors (Lipinski definition) is 1. The fourth-order valence-electron chi connectivity index (χ4n) is 2.15. The van der Waals surface area contributed by atoms with E-state index in [1.54, 1.807) is 12.1 Å². The van der Waals surface area contributed by atoms with Crippen molar-refractivity contribution in [2.75, 3.05) is 5.32 Å². The summed E-state index contributed by atoms with van der Waals surface area (Å²) in [6, 6.07) is 5.54. The third-order valence-corrected chi connectivity index (χ3v) is 3.17. The predicted molar refractivity (Wildman–Crippen MR) is 61.8 cm³/mol. The Morgan fingerprint density at radius 2 is 2.18 bits per heavy atom. The minimum Gasteiger partial charge on any atom is -0.308 e. The molecule has 1 amide bonds. The first kappa shape index (κ1) is 11.5. The maximum Gasteiger partial charge on any atom is 0.246 e. The molecule has 1 N–H and O–H groups in total. The normalized spacial score (nSPS) is 18.1. The van der Waals surface area contributed by atoms with Crippen LogP contribution in [0.25, 0.3) is 0 Å². The molecule has 1 fully saturated rings. The Morgan fingerprint density at radius 3 is 2.76 bits per heavy atom. The van der Waals surface area contributed by atoms with Crippen LogP contribution in [0.1, 0.15) is 32.1 Å². The van der Waals surface area contributed by atoms with Crippen LogP contribution >= 0.6 is 0 Å². The number of carbonyl (C=O) groups excluding carboxylic acids is 1. The number of nitrogens with one attached hydrogen (secondary N) is 1. The van der Waals surface area contributed by atoms with E-state index >= 15 is 0 Å². The summed E-state index contributed by atoms with van der Waals surface area (Å²) in [7, 11) is 0. The topological polar surface area (TPSA) is 78.7 Å². The standard InChI is InChI=1S/C12H14N4O/c13-9-12(6-2-1-3-7-12)11(17)15-10-5-4-8-14-16-10/h4-5,8H,1-3,6-7H2,(H,15,16,17). The Kier molecular flexibility index (Phi) is 3.33. The smallest absolute Gasteiger partial charge is 0.246 e. The number of anilines is 1. The van der Waals surface area contributed by atoms with E-state index in [9.17, 15) is 10.1 Å². The van der Waals surface area contributed by atoms with E-state index < -0.39 is 5.41 Å². The molecule has 0 aliphatic heterocycles. The van der Waals surface area contributed by atoms with Crippen LogP contribution in [0.15, 0.2) is 18.3 Å². The van der Waals surface area contributed by atoms with Crippen molar-refractivity contribution < 1.29 is 4.79 Å². The summed E-state index contributed by atoms with van der Waals surface area (Å²) in [4.78, 5) is 12.1. The summed E-state index contributed by atoms with van der Waals surface area (Å²) in [5, 5.41) is 19.4. The SMILES string of the molecule is N#CC1(C(=O)Nc2cccnn2)CCCCC1. The summed E-state index contributed by atoms with van der Waals surface area (Å²) in [6.07, 6.45) is 5.77. The van der Waals surface area contributed by atoms with Crippen molar-refractivity contribution in [3.05, 3.63) is 18.3 Å². The molecular formula is C12H14N4O. The zero-order valence-corrected chi connectivity index (χ0v) is 9.52. The summed E-state index contributed by atoms with van der Waals surface area (Å²) >= 11 is 0. The van der Waals surface area contributed by atoms with Gasteiger partial charge in [0.05, 0.1) is 6.07 Å². The summed E-state index contributed by atoms with van der Waals surface area (Å²) in [6.45, 7) is 0. The summed E-state index contributed by atoms with van der Waals surface area (Å²) in [5.74, 6) is 0.151. The molecule has 5 nitrogen and oxygen atoms in total. The first-order valence-electron chi connectivity index (χ1n) is 5.77. The second-order valence-corrected chi connectivity index (χ2v) is 4.32. The van der Waals surface area contributed by atoms with E-state index in [1.807, 2.05) is 0 Å². The van der Waals surface area contributed by atoms with Gasteiger partial charge in [-0.3, -0.25) is 4.79 Å².